The molecule has 4 nitrogen and oxygen atoms in total. The minimum Gasteiger partial charge on any atom is -0.464 e. The van der Waals surface area contributed by atoms with Crippen LogP contribution < -0.4 is 0 Å². The van der Waals surface area contributed by atoms with Gasteiger partial charge in [-0.25, -0.2) is 9.18 Å². The molecule has 15 heavy (non-hydrogen) atoms. The highest BCUT2D eigenvalue weighted by Gasteiger charge is 2.15. The van der Waals surface area contributed by atoms with E-state index in [9.17, 15) is 9.18 Å². The maximum absolute atomic E-state index is 13.1. The monoisotopic (exact) mass is 272 g/mol. The smallest absolute Gasteiger partial charge is 0.359 e. The summed E-state index contributed by atoms with van der Waals surface area (Å²) in [5.41, 5.74) is 0.601. The van der Waals surface area contributed by atoms with Gasteiger partial charge in [0, 0.05) is 11.5 Å². The second-order valence-corrected chi connectivity index (χ2v) is 3.73. The summed E-state index contributed by atoms with van der Waals surface area (Å²) in [6, 6.07) is 2.75. The number of fused-ring (bicyclic) bond motifs is 1. The number of benzene rings is 1. The first-order valence-corrected chi connectivity index (χ1v) is 4.84. The predicted octanol–water partition coefficient (Wildman–Crippen LogP) is 2.25. The number of hydrogen-bond donors (Lipinski definition) is 1. The molecule has 0 aliphatic carbocycles. The fourth-order valence-electron chi connectivity index (χ4n) is 1.26. The second-order valence-electron chi connectivity index (χ2n) is 2.88. The quantitative estimate of drug-likeness (QED) is 0.811. The number of rotatable bonds is 1. The Morgan fingerprint density at radius 3 is 3.00 bits per heavy atom. The molecule has 6 heteroatoms. The Hall–Kier alpha value is -1.43. The number of carbonyl (C=O) groups is 1. The third-order valence-corrected chi connectivity index (χ3v) is 2.59. The van der Waals surface area contributed by atoms with E-state index in [1.807, 2.05) is 0 Å². The number of nitrogens with one attached hydrogen (secondary N) is 1. The highest BCUT2D eigenvalue weighted by atomic mass is 79.9. The Morgan fingerprint density at radius 2 is 2.33 bits per heavy atom. The standard InChI is InChI=1S/C9H6BrFN2O2/c1-15-9(14)8-4-2-5(10)6(11)3-7(4)12-13-8/h2-3H,1H3,(H,12,13). The number of nitrogens with zero attached hydrogens (tertiary/aromatic N) is 1. The topological polar surface area (TPSA) is 55.0 Å². The Kier molecular flexibility index (Phi) is 2.44. The van der Waals surface area contributed by atoms with Gasteiger partial charge in [-0.15, -0.1) is 0 Å². The summed E-state index contributed by atoms with van der Waals surface area (Å²) < 4.78 is 18.0. The lowest BCUT2D eigenvalue weighted by atomic mass is 10.2. The maximum atomic E-state index is 13.1. The highest BCUT2D eigenvalue weighted by Crippen LogP contribution is 2.24. The summed E-state index contributed by atoms with van der Waals surface area (Å²) in [5, 5.41) is 6.84. The molecule has 78 valence electrons. The molecule has 0 aliphatic heterocycles. The van der Waals surface area contributed by atoms with E-state index < -0.39 is 11.8 Å². The minimum absolute atomic E-state index is 0.146. The van der Waals surface area contributed by atoms with Gasteiger partial charge in [0.1, 0.15) is 5.82 Å². The van der Waals surface area contributed by atoms with E-state index >= 15 is 0 Å². The summed E-state index contributed by atoms with van der Waals surface area (Å²) in [7, 11) is 1.27. The fourth-order valence-corrected chi connectivity index (χ4v) is 1.61. The molecular weight excluding hydrogens is 267 g/mol. The molecular formula is C9H6BrFN2O2. The van der Waals surface area contributed by atoms with Crippen LogP contribution in [-0.2, 0) is 4.74 Å². The Balaban J connectivity index is 2.69. The van der Waals surface area contributed by atoms with Crippen molar-refractivity contribution >= 4 is 32.8 Å². The van der Waals surface area contributed by atoms with Crippen molar-refractivity contribution in [2.75, 3.05) is 7.11 Å². The van der Waals surface area contributed by atoms with Crippen molar-refractivity contribution in [3.05, 3.63) is 28.1 Å². The van der Waals surface area contributed by atoms with E-state index in [4.69, 9.17) is 0 Å². The number of aromatic amines is 1. The molecule has 1 N–H and O–H groups in total. The maximum Gasteiger partial charge on any atom is 0.359 e. The van der Waals surface area contributed by atoms with Gasteiger partial charge in [0.25, 0.3) is 0 Å². The Bertz CT molecular complexity index is 538. The number of halogens is 2. The second kappa shape index (κ2) is 3.62. The van der Waals surface area contributed by atoms with Crippen LogP contribution in [0.1, 0.15) is 10.5 Å². The average molecular weight is 273 g/mol. The Labute approximate surface area is 92.5 Å². The van der Waals surface area contributed by atoms with Gasteiger partial charge in [-0.3, -0.25) is 5.10 Å². The zero-order valence-electron chi connectivity index (χ0n) is 7.67. The molecule has 2 rings (SSSR count). The fraction of sp³-hybridized carbons (Fsp3) is 0.111. The van der Waals surface area contributed by atoms with Crippen molar-refractivity contribution in [3.8, 4) is 0 Å². The lowest BCUT2D eigenvalue weighted by Crippen LogP contribution is -2.01. The van der Waals surface area contributed by atoms with Crippen molar-refractivity contribution in [3.63, 3.8) is 0 Å². The van der Waals surface area contributed by atoms with E-state index in [1.54, 1.807) is 0 Å². The van der Waals surface area contributed by atoms with E-state index in [0.717, 1.165) is 0 Å². The van der Waals surface area contributed by atoms with Crippen LogP contribution in [0, 0.1) is 5.82 Å². The summed E-state index contributed by atoms with van der Waals surface area (Å²) in [5.74, 6) is -0.970. The molecule has 0 fully saturated rings. The van der Waals surface area contributed by atoms with Crippen LogP contribution in [0.15, 0.2) is 16.6 Å². The van der Waals surface area contributed by atoms with Gasteiger partial charge >= 0.3 is 5.97 Å². The van der Waals surface area contributed by atoms with Crippen molar-refractivity contribution in [2.24, 2.45) is 0 Å². The van der Waals surface area contributed by atoms with Gasteiger partial charge in [0.2, 0.25) is 0 Å². The first-order valence-electron chi connectivity index (χ1n) is 4.05. The molecule has 1 aromatic carbocycles. The predicted molar refractivity (Wildman–Crippen MR) is 55.1 cm³/mol. The summed E-state index contributed by atoms with van der Waals surface area (Å²) in [6.45, 7) is 0. The lowest BCUT2D eigenvalue weighted by molar-refractivity contribution is 0.0596. The van der Waals surface area contributed by atoms with Crippen molar-refractivity contribution in [1.29, 1.82) is 0 Å². The first kappa shape index (κ1) is 10.1. The molecule has 1 aromatic heterocycles. The number of aromatic nitrogens is 2. The molecule has 2 aromatic rings. The number of carbonyl (C=O) groups excluding carboxylic acids is 1. The third kappa shape index (κ3) is 1.61. The molecule has 0 aliphatic rings. The molecule has 0 radical (unpaired) electrons. The van der Waals surface area contributed by atoms with Crippen LogP contribution in [0.2, 0.25) is 0 Å². The van der Waals surface area contributed by atoms with Gasteiger partial charge in [-0.05, 0) is 22.0 Å². The van der Waals surface area contributed by atoms with Crippen molar-refractivity contribution in [2.45, 2.75) is 0 Å². The SMILES string of the molecule is COC(=O)c1n[nH]c2cc(F)c(Br)cc12. The summed E-state index contributed by atoms with van der Waals surface area (Å²) in [6.07, 6.45) is 0. The van der Waals surface area contributed by atoms with Crippen LogP contribution in [0.5, 0.6) is 0 Å². The number of esters is 1. The molecule has 1 heterocycles. The molecule has 0 atom stereocenters. The summed E-state index contributed by atoms with van der Waals surface area (Å²) >= 11 is 3.04. The minimum atomic E-state index is -0.556. The van der Waals surface area contributed by atoms with E-state index in [2.05, 4.69) is 30.9 Å². The van der Waals surface area contributed by atoms with Crippen LogP contribution in [-0.4, -0.2) is 23.3 Å². The molecule has 0 unspecified atom stereocenters. The van der Waals surface area contributed by atoms with E-state index in [-0.39, 0.29) is 10.2 Å². The number of ether oxygens (including phenoxy) is 1. The third-order valence-electron chi connectivity index (χ3n) is 1.98. The first-order chi connectivity index (χ1) is 7.13. The van der Waals surface area contributed by atoms with Gasteiger partial charge in [0.15, 0.2) is 5.69 Å². The normalized spacial score (nSPS) is 10.6. The van der Waals surface area contributed by atoms with E-state index in [1.165, 1.54) is 19.2 Å². The zero-order valence-corrected chi connectivity index (χ0v) is 9.26. The van der Waals surface area contributed by atoms with Crippen LogP contribution in [0.3, 0.4) is 0 Å². The van der Waals surface area contributed by atoms with Crippen LogP contribution in [0.25, 0.3) is 10.9 Å². The van der Waals surface area contributed by atoms with Gasteiger partial charge in [0.05, 0.1) is 17.1 Å². The molecule has 0 saturated carbocycles. The van der Waals surface area contributed by atoms with Crippen LogP contribution in [0.4, 0.5) is 4.39 Å². The Morgan fingerprint density at radius 1 is 1.60 bits per heavy atom. The molecule has 0 saturated heterocycles. The van der Waals surface area contributed by atoms with Crippen molar-refractivity contribution in [1.82, 2.24) is 10.2 Å². The van der Waals surface area contributed by atoms with Crippen LogP contribution >= 0.6 is 15.9 Å². The lowest BCUT2D eigenvalue weighted by Gasteiger charge is -1.96. The van der Waals surface area contributed by atoms with Gasteiger partial charge < -0.3 is 4.74 Å². The number of hydrogen-bond acceptors (Lipinski definition) is 3. The largest absolute Gasteiger partial charge is 0.464 e. The number of H-pyrrole nitrogens is 1. The molecule has 0 spiro atoms. The number of methoxy groups -OCH3 is 1. The summed E-state index contributed by atoms with van der Waals surface area (Å²) in [4.78, 5) is 11.3. The highest BCUT2D eigenvalue weighted by molar-refractivity contribution is 9.10. The van der Waals surface area contributed by atoms with Gasteiger partial charge in [-0.1, -0.05) is 0 Å². The van der Waals surface area contributed by atoms with E-state index in [0.29, 0.717) is 10.9 Å². The zero-order chi connectivity index (χ0) is 11.0. The average Bonchev–Trinajstić information content (AvgIpc) is 2.61. The molecule has 0 amide bonds. The van der Waals surface area contributed by atoms with Gasteiger partial charge in [-0.2, -0.15) is 5.10 Å². The molecule has 0 bridgehead atoms. The van der Waals surface area contributed by atoms with Crippen molar-refractivity contribution < 1.29 is 13.9 Å².